The van der Waals surface area contributed by atoms with Crippen molar-refractivity contribution in [2.75, 3.05) is 0 Å². The Hall–Kier alpha value is -2.74. The number of fused-ring (bicyclic) bond motifs is 1. The first-order valence-electron chi connectivity index (χ1n) is 8.50. The number of carbonyl (C=O) groups excluding carboxylic acids is 3. The second kappa shape index (κ2) is 6.77. The lowest BCUT2D eigenvalue weighted by Gasteiger charge is -2.11. The van der Waals surface area contributed by atoms with Gasteiger partial charge < -0.3 is 9.72 Å². The van der Waals surface area contributed by atoms with Gasteiger partial charge in [0, 0.05) is 23.7 Å². The molecule has 3 heterocycles. The standard InChI is InChI=1S/C19H21N3O4S/c1-8-15(11(4)23)10(3)20-16(8)17(24)12(5)26-19(25)14-7-13-9(2)21-22(6)18(13)27-14/h7,12,20H,1-6H3. The fourth-order valence-electron chi connectivity index (χ4n) is 3.31. The molecule has 142 valence electrons. The van der Waals surface area contributed by atoms with Crippen LogP contribution in [-0.2, 0) is 11.8 Å². The predicted molar refractivity (Wildman–Crippen MR) is 103 cm³/mol. The lowest BCUT2D eigenvalue weighted by molar-refractivity contribution is 0.0321. The van der Waals surface area contributed by atoms with Crippen LogP contribution in [0.2, 0.25) is 0 Å². The van der Waals surface area contributed by atoms with E-state index in [9.17, 15) is 14.4 Å². The number of thiophene rings is 1. The number of aromatic amines is 1. The first-order chi connectivity index (χ1) is 12.6. The zero-order chi connectivity index (χ0) is 20.0. The van der Waals surface area contributed by atoms with E-state index in [4.69, 9.17) is 4.74 Å². The van der Waals surface area contributed by atoms with Crippen LogP contribution in [0.1, 0.15) is 61.3 Å². The summed E-state index contributed by atoms with van der Waals surface area (Å²) in [5, 5.41) is 5.20. The van der Waals surface area contributed by atoms with Crippen LogP contribution < -0.4 is 0 Å². The predicted octanol–water partition coefficient (Wildman–Crippen LogP) is 3.52. The molecule has 1 N–H and O–H groups in total. The summed E-state index contributed by atoms with van der Waals surface area (Å²) in [5.74, 6) is -1.03. The summed E-state index contributed by atoms with van der Waals surface area (Å²) in [7, 11) is 1.82. The summed E-state index contributed by atoms with van der Waals surface area (Å²) in [6.07, 6.45) is -0.974. The Morgan fingerprint density at radius 1 is 1.26 bits per heavy atom. The lowest BCUT2D eigenvalue weighted by Crippen LogP contribution is -2.25. The SMILES string of the molecule is CC(=O)c1c(C)[nH]c(C(=O)C(C)OC(=O)c2cc3c(C)nn(C)c3s2)c1C. The number of hydrogen-bond acceptors (Lipinski definition) is 6. The highest BCUT2D eigenvalue weighted by atomic mass is 32.1. The molecule has 0 saturated carbocycles. The maximum absolute atomic E-state index is 12.7. The zero-order valence-corrected chi connectivity index (χ0v) is 16.9. The summed E-state index contributed by atoms with van der Waals surface area (Å²) in [6, 6.07) is 1.74. The van der Waals surface area contributed by atoms with Crippen molar-refractivity contribution in [3.8, 4) is 0 Å². The third kappa shape index (κ3) is 3.21. The van der Waals surface area contributed by atoms with Crippen LogP contribution >= 0.6 is 11.3 Å². The van der Waals surface area contributed by atoms with Crippen molar-refractivity contribution >= 4 is 39.1 Å². The minimum atomic E-state index is -0.974. The Kier molecular flexibility index (Phi) is 4.77. The summed E-state index contributed by atoms with van der Waals surface area (Å²) < 4.78 is 7.10. The Morgan fingerprint density at radius 3 is 2.48 bits per heavy atom. The van der Waals surface area contributed by atoms with E-state index in [2.05, 4.69) is 10.1 Å². The number of hydrogen-bond donors (Lipinski definition) is 1. The molecule has 0 amide bonds. The molecule has 0 saturated heterocycles. The molecule has 0 bridgehead atoms. The highest BCUT2D eigenvalue weighted by Gasteiger charge is 2.27. The minimum absolute atomic E-state index is 0.112. The first-order valence-corrected chi connectivity index (χ1v) is 9.31. The van der Waals surface area contributed by atoms with Crippen molar-refractivity contribution in [2.45, 2.75) is 40.7 Å². The van der Waals surface area contributed by atoms with Crippen LogP contribution in [0.5, 0.6) is 0 Å². The number of aromatic nitrogens is 3. The zero-order valence-electron chi connectivity index (χ0n) is 16.1. The van der Waals surface area contributed by atoms with Crippen LogP contribution in [0.4, 0.5) is 0 Å². The van der Waals surface area contributed by atoms with Crippen LogP contribution in [-0.4, -0.2) is 38.4 Å². The number of aryl methyl sites for hydroxylation is 3. The fraction of sp³-hybridized carbons (Fsp3) is 0.368. The van der Waals surface area contributed by atoms with E-state index in [-0.39, 0.29) is 11.6 Å². The molecule has 0 spiro atoms. The van der Waals surface area contributed by atoms with E-state index in [1.165, 1.54) is 25.2 Å². The van der Waals surface area contributed by atoms with E-state index >= 15 is 0 Å². The number of carbonyl (C=O) groups is 3. The Morgan fingerprint density at radius 2 is 1.93 bits per heavy atom. The lowest BCUT2D eigenvalue weighted by atomic mass is 10.0. The van der Waals surface area contributed by atoms with Crippen molar-refractivity contribution in [1.29, 1.82) is 0 Å². The van der Waals surface area contributed by atoms with Crippen molar-refractivity contribution in [3.05, 3.63) is 39.2 Å². The Labute approximate surface area is 160 Å². The molecule has 0 aliphatic rings. The number of ketones is 2. The highest BCUT2D eigenvalue weighted by Crippen LogP contribution is 2.28. The van der Waals surface area contributed by atoms with E-state index in [0.29, 0.717) is 27.4 Å². The van der Waals surface area contributed by atoms with Crippen molar-refractivity contribution in [3.63, 3.8) is 0 Å². The minimum Gasteiger partial charge on any atom is -0.450 e. The average Bonchev–Trinajstić information content (AvgIpc) is 3.22. The van der Waals surface area contributed by atoms with Crippen LogP contribution in [0.3, 0.4) is 0 Å². The third-order valence-electron chi connectivity index (χ3n) is 4.59. The van der Waals surface area contributed by atoms with Gasteiger partial charge in [0.15, 0.2) is 11.9 Å². The van der Waals surface area contributed by atoms with Crippen LogP contribution in [0.25, 0.3) is 10.2 Å². The van der Waals surface area contributed by atoms with Gasteiger partial charge in [-0.25, -0.2) is 4.79 Å². The molecular weight excluding hydrogens is 366 g/mol. The number of nitrogens with one attached hydrogen (secondary N) is 1. The molecule has 0 aromatic carbocycles. The van der Waals surface area contributed by atoms with Crippen LogP contribution in [0, 0.1) is 20.8 Å². The highest BCUT2D eigenvalue weighted by molar-refractivity contribution is 7.20. The Bertz CT molecular complexity index is 1050. The van der Waals surface area contributed by atoms with E-state index in [1.807, 2.05) is 14.0 Å². The van der Waals surface area contributed by atoms with Gasteiger partial charge in [0.2, 0.25) is 5.78 Å². The molecule has 1 unspecified atom stereocenters. The monoisotopic (exact) mass is 387 g/mol. The van der Waals surface area contributed by atoms with E-state index in [0.717, 1.165) is 15.9 Å². The van der Waals surface area contributed by atoms with Gasteiger partial charge >= 0.3 is 5.97 Å². The van der Waals surface area contributed by atoms with Gasteiger partial charge in [-0.15, -0.1) is 11.3 Å². The molecule has 0 fully saturated rings. The third-order valence-corrected chi connectivity index (χ3v) is 5.77. The average molecular weight is 387 g/mol. The second-order valence-corrected chi connectivity index (χ2v) is 7.66. The quantitative estimate of drug-likeness (QED) is 0.534. The molecule has 3 aromatic heterocycles. The first kappa shape index (κ1) is 19.0. The molecular formula is C19H21N3O4S. The van der Waals surface area contributed by atoms with Gasteiger partial charge in [0.25, 0.3) is 0 Å². The number of nitrogens with zero attached hydrogens (tertiary/aromatic N) is 2. The number of rotatable bonds is 5. The second-order valence-electron chi connectivity index (χ2n) is 6.63. The molecule has 3 aromatic rings. The van der Waals surface area contributed by atoms with Gasteiger partial charge in [-0.2, -0.15) is 5.10 Å². The molecule has 3 rings (SSSR count). The molecule has 1 atom stereocenters. The summed E-state index contributed by atoms with van der Waals surface area (Å²) in [4.78, 5) is 41.2. The Balaban J connectivity index is 1.81. The van der Waals surface area contributed by atoms with Gasteiger partial charge in [-0.3, -0.25) is 14.3 Å². The molecule has 0 aliphatic heterocycles. The molecule has 7 nitrogen and oxygen atoms in total. The summed E-state index contributed by atoms with van der Waals surface area (Å²) >= 11 is 1.28. The van der Waals surface area contributed by atoms with Gasteiger partial charge in [-0.05, 0) is 46.2 Å². The van der Waals surface area contributed by atoms with Crippen molar-refractivity contribution in [2.24, 2.45) is 7.05 Å². The largest absolute Gasteiger partial charge is 0.450 e. The van der Waals surface area contributed by atoms with Crippen molar-refractivity contribution < 1.29 is 19.1 Å². The van der Waals surface area contributed by atoms with Gasteiger partial charge in [-0.1, -0.05) is 0 Å². The normalized spacial score (nSPS) is 12.4. The van der Waals surface area contributed by atoms with E-state index in [1.54, 1.807) is 24.6 Å². The fourth-order valence-corrected chi connectivity index (χ4v) is 4.31. The maximum Gasteiger partial charge on any atom is 0.349 e. The summed E-state index contributed by atoms with van der Waals surface area (Å²) in [6.45, 7) is 8.32. The smallest absolute Gasteiger partial charge is 0.349 e. The van der Waals surface area contributed by atoms with Gasteiger partial charge in [0.1, 0.15) is 9.71 Å². The molecule has 8 heteroatoms. The van der Waals surface area contributed by atoms with E-state index < -0.39 is 12.1 Å². The number of ether oxygens (including phenoxy) is 1. The van der Waals surface area contributed by atoms with Crippen LogP contribution in [0.15, 0.2) is 6.07 Å². The topological polar surface area (TPSA) is 94.0 Å². The molecule has 0 aliphatic carbocycles. The molecule has 27 heavy (non-hydrogen) atoms. The molecule has 0 radical (unpaired) electrons. The van der Waals surface area contributed by atoms with Gasteiger partial charge in [0.05, 0.1) is 11.4 Å². The van der Waals surface area contributed by atoms with Crippen molar-refractivity contribution in [1.82, 2.24) is 14.8 Å². The number of Topliss-reactive ketones (excluding diaryl/α,β-unsaturated/α-hetero) is 2. The number of H-pyrrole nitrogens is 1. The maximum atomic E-state index is 12.7. The summed E-state index contributed by atoms with van der Waals surface area (Å²) in [5.41, 5.74) is 2.85. The number of esters is 1.